The molecule has 0 amide bonds. The Morgan fingerprint density at radius 1 is 0.878 bits per heavy atom. The number of rotatable bonds is 18. The molecular weight excluding hydrogens is 518 g/mol. The molecule has 1 aliphatic rings. The summed E-state index contributed by atoms with van der Waals surface area (Å²) in [6.45, 7) is 8.72. The number of carbonyl (C=O) groups is 1. The molecule has 2 aromatic carbocycles. The molecule has 0 radical (unpaired) electrons. The van der Waals surface area contributed by atoms with Gasteiger partial charge in [0, 0.05) is 0 Å². The van der Waals surface area contributed by atoms with Crippen molar-refractivity contribution in [1.82, 2.24) is 0 Å². The molecule has 1 aliphatic carbocycles. The monoisotopic (exact) mass is 568 g/mol. The molecular formula is C36H50F2O3. The second kappa shape index (κ2) is 18.0. The molecule has 1 saturated carbocycles. The van der Waals surface area contributed by atoms with E-state index in [1.807, 2.05) is 18.2 Å². The van der Waals surface area contributed by atoms with Gasteiger partial charge in [-0.25, -0.2) is 9.18 Å². The Kier molecular flexibility index (Phi) is 14.4. The molecule has 0 aliphatic heterocycles. The number of benzene rings is 2. The number of carbonyl (C=O) groups excluding carboxylic acids is 1. The molecule has 2 aromatic rings. The third kappa shape index (κ3) is 10.3. The average molecular weight is 569 g/mol. The van der Waals surface area contributed by atoms with Crippen LogP contribution >= 0.6 is 0 Å². The highest BCUT2D eigenvalue weighted by Crippen LogP contribution is 2.42. The number of esters is 1. The van der Waals surface area contributed by atoms with Crippen LogP contribution in [-0.4, -0.2) is 12.6 Å². The van der Waals surface area contributed by atoms with Crippen LogP contribution in [0.1, 0.15) is 132 Å². The van der Waals surface area contributed by atoms with Crippen molar-refractivity contribution in [3.63, 3.8) is 0 Å². The average Bonchev–Trinajstić information content (AvgIpc) is 2.98. The molecule has 0 spiro atoms. The van der Waals surface area contributed by atoms with Crippen LogP contribution < -0.4 is 9.47 Å². The number of unbranched alkanes of at least 4 members (excludes halogenated alkanes) is 7. The van der Waals surface area contributed by atoms with Crippen LogP contribution in [0.2, 0.25) is 0 Å². The van der Waals surface area contributed by atoms with Crippen LogP contribution in [-0.2, 0) is 0 Å². The maximum Gasteiger partial charge on any atom is 0.346 e. The highest BCUT2D eigenvalue weighted by molar-refractivity contribution is 5.91. The van der Waals surface area contributed by atoms with Crippen molar-refractivity contribution in [3.05, 3.63) is 71.8 Å². The first-order chi connectivity index (χ1) is 20.0. The summed E-state index contributed by atoms with van der Waals surface area (Å²) in [7, 11) is 0. The Morgan fingerprint density at radius 3 is 2.22 bits per heavy atom. The van der Waals surface area contributed by atoms with Gasteiger partial charge in [0.25, 0.3) is 0 Å². The van der Waals surface area contributed by atoms with E-state index in [1.165, 1.54) is 88.3 Å². The summed E-state index contributed by atoms with van der Waals surface area (Å²) < 4.78 is 40.2. The second-order valence-electron chi connectivity index (χ2n) is 11.7. The zero-order valence-electron chi connectivity index (χ0n) is 25.3. The second-order valence-corrected chi connectivity index (χ2v) is 11.7. The van der Waals surface area contributed by atoms with Gasteiger partial charge in [-0.3, -0.25) is 0 Å². The molecule has 0 bridgehead atoms. The molecule has 3 nitrogen and oxygen atoms in total. The maximum absolute atomic E-state index is 14.7. The summed E-state index contributed by atoms with van der Waals surface area (Å²) in [5.41, 5.74) is 0.752. The Hall–Kier alpha value is -2.69. The SMILES string of the molecule is C=CCC(c1ccc(OC(=O)c2ccc(OCCCCCCCC)c(F)c2F)cc1)C1CCC(CCCCC)CC1. The van der Waals surface area contributed by atoms with E-state index in [0.717, 1.165) is 31.6 Å². The molecule has 1 atom stereocenters. The number of halogens is 2. The molecule has 41 heavy (non-hydrogen) atoms. The molecule has 0 N–H and O–H groups in total. The minimum absolute atomic E-state index is 0.180. The van der Waals surface area contributed by atoms with Gasteiger partial charge in [0.05, 0.1) is 12.2 Å². The van der Waals surface area contributed by atoms with Gasteiger partial charge in [0.2, 0.25) is 5.82 Å². The van der Waals surface area contributed by atoms with Gasteiger partial charge in [-0.15, -0.1) is 6.58 Å². The van der Waals surface area contributed by atoms with Crippen molar-refractivity contribution >= 4 is 5.97 Å². The molecule has 0 saturated heterocycles. The van der Waals surface area contributed by atoms with E-state index in [-0.39, 0.29) is 5.75 Å². The highest BCUT2D eigenvalue weighted by atomic mass is 19.2. The Morgan fingerprint density at radius 2 is 1.54 bits per heavy atom. The van der Waals surface area contributed by atoms with Gasteiger partial charge >= 0.3 is 5.97 Å². The van der Waals surface area contributed by atoms with Crippen molar-refractivity contribution in [2.45, 2.75) is 116 Å². The van der Waals surface area contributed by atoms with Crippen molar-refractivity contribution in [2.75, 3.05) is 6.61 Å². The van der Waals surface area contributed by atoms with Gasteiger partial charge in [-0.2, -0.15) is 4.39 Å². The van der Waals surface area contributed by atoms with Crippen LogP contribution in [0.15, 0.2) is 49.1 Å². The van der Waals surface area contributed by atoms with Crippen LogP contribution in [0.3, 0.4) is 0 Å². The lowest BCUT2D eigenvalue weighted by Crippen LogP contribution is -2.20. The fraction of sp³-hybridized carbons (Fsp3) is 0.583. The van der Waals surface area contributed by atoms with Gasteiger partial charge < -0.3 is 9.47 Å². The van der Waals surface area contributed by atoms with Crippen LogP contribution in [0.25, 0.3) is 0 Å². The Balaban J connectivity index is 1.54. The standard InChI is InChI=1S/C36H50F2O3/c1-4-7-9-10-11-13-26-40-33-25-24-32(34(37)35(33)38)36(39)41-30-22-20-29(21-23-30)31(14-6-3)28-18-16-27(17-19-28)15-12-8-5-2/h6,20-25,27-28,31H,3-5,7-19,26H2,1-2H3. The van der Waals surface area contributed by atoms with E-state index < -0.39 is 23.2 Å². The van der Waals surface area contributed by atoms with Gasteiger partial charge in [-0.05, 0) is 73.3 Å². The van der Waals surface area contributed by atoms with E-state index in [2.05, 4.69) is 20.4 Å². The summed E-state index contributed by atoms with van der Waals surface area (Å²) in [6.07, 6.45) is 19.7. The zero-order valence-corrected chi connectivity index (χ0v) is 25.3. The van der Waals surface area contributed by atoms with Crippen molar-refractivity contribution in [3.8, 4) is 11.5 Å². The van der Waals surface area contributed by atoms with Crippen molar-refractivity contribution in [2.24, 2.45) is 11.8 Å². The van der Waals surface area contributed by atoms with Gasteiger partial charge in [0.1, 0.15) is 5.75 Å². The lowest BCUT2D eigenvalue weighted by molar-refractivity contribution is 0.0728. The molecule has 0 aromatic heterocycles. The fourth-order valence-corrected chi connectivity index (χ4v) is 6.15. The summed E-state index contributed by atoms with van der Waals surface area (Å²) >= 11 is 0. The minimum atomic E-state index is -1.25. The lowest BCUT2D eigenvalue weighted by atomic mass is 9.71. The zero-order chi connectivity index (χ0) is 29.5. The number of hydrogen-bond acceptors (Lipinski definition) is 3. The first kappa shape index (κ1) is 32.8. The highest BCUT2D eigenvalue weighted by Gasteiger charge is 2.28. The molecule has 0 heterocycles. The Bertz CT molecular complexity index is 1060. The van der Waals surface area contributed by atoms with Crippen LogP contribution in [0.5, 0.6) is 11.5 Å². The Labute approximate surface area is 246 Å². The van der Waals surface area contributed by atoms with Gasteiger partial charge in [0.15, 0.2) is 11.6 Å². The summed E-state index contributed by atoms with van der Waals surface area (Å²) in [5.74, 6) is -1.36. The molecule has 226 valence electrons. The fourth-order valence-electron chi connectivity index (χ4n) is 6.15. The number of hydrogen-bond donors (Lipinski definition) is 0. The minimum Gasteiger partial charge on any atom is -0.490 e. The van der Waals surface area contributed by atoms with E-state index in [0.29, 0.717) is 24.2 Å². The predicted molar refractivity (Wildman–Crippen MR) is 164 cm³/mol. The van der Waals surface area contributed by atoms with Crippen LogP contribution in [0, 0.1) is 23.5 Å². The topological polar surface area (TPSA) is 35.5 Å². The van der Waals surface area contributed by atoms with E-state index in [1.54, 1.807) is 12.1 Å². The predicted octanol–water partition coefficient (Wildman–Crippen LogP) is 11.0. The first-order valence-corrected chi connectivity index (χ1v) is 16.0. The number of ether oxygens (including phenoxy) is 2. The van der Waals surface area contributed by atoms with E-state index >= 15 is 0 Å². The maximum atomic E-state index is 14.7. The molecule has 1 unspecified atom stereocenters. The molecule has 5 heteroatoms. The first-order valence-electron chi connectivity index (χ1n) is 16.0. The summed E-state index contributed by atoms with van der Waals surface area (Å²) in [6, 6.07) is 9.98. The normalized spacial score (nSPS) is 17.7. The van der Waals surface area contributed by atoms with E-state index in [9.17, 15) is 13.6 Å². The van der Waals surface area contributed by atoms with E-state index in [4.69, 9.17) is 9.47 Å². The molecule has 1 fully saturated rings. The third-order valence-electron chi connectivity index (χ3n) is 8.64. The van der Waals surface area contributed by atoms with Gasteiger partial charge in [-0.1, -0.05) is 103 Å². The summed E-state index contributed by atoms with van der Waals surface area (Å²) in [4.78, 5) is 12.7. The third-order valence-corrected chi connectivity index (χ3v) is 8.64. The lowest BCUT2D eigenvalue weighted by Gasteiger charge is -2.34. The largest absolute Gasteiger partial charge is 0.490 e. The van der Waals surface area contributed by atoms with Crippen molar-refractivity contribution in [1.29, 1.82) is 0 Å². The number of allylic oxidation sites excluding steroid dienone is 1. The molecule has 3 rings (SSSR count). The van der Waals surface area contributed by atoms with Crippen molar-refractivity contribution < 1.29 is 23.0 Å². The summed E-state index contributed by atoms with van der Waals surface area (Å²) in [5, 5.41) is 0. The smallest absolute Gasteiger partial charge is 0.346 e. The quantitative estimate of drug-likeness (QED) is 0.0776. The van der Waals surface area contributed by atoms with Crippen LogP contribution in [0.4, 0.5) is 8.78 Å².